The van der Waals surface area contributed by atoms with Crippen molar-refractivity contribution >= 4 is 23.6 Å². The van der Waals surface area contributed by atoms with E-state index < -0.39 is 11.9 Å². The predicted octanol–water partition coefficient (Wildman–Crippen LogP) is 1.31. The van der Waals surface area contributed by atoms with Crippen molar-refractivity contribution in [3.63, 3.8) is 0 Å². The van der Waals surface area contributed by atoms with Crippen LogP contribution in [0, 0.1) is 11.8 Å². The Morgan fingerprint density at radius 3 is 2.50 bits per heavy atom. The summed E-state index contributed by atoms with van der Waals surface area (Å²) in [6.45, 7) is 1.93. The Balaban J connectivity index is 2.43. The maximum Gasteiger partial charge on any atom is 0.308 e. The lowest BCUT2D eigenvalue weighted by molar-refractivity contribution is -0.143. The van der Waals surface area contributed by atoms with Crippen molar-refractivity contribution < 1.29 is 14.7 Å². The molecule has 0 radical (unpaired) electrons. The first-order chi connectivity index (χ1) is 7.52. The fourth-order valence-electron chi connectivity index (χ4n) is 1.84. The number of carboxylic acids is 1. The van der Waals surface area contributed by atoms with Crippen molar-refractivity contribution in [2.75, 3.05) is 25.1 Å². The number of carbonyl (C=O) groups excluding carboxylic acids is 1. The summed E-state index contributed by atoms with van der Waals surface area (Å²) in [5.74, 6) is 0.948. The van der Waals surface area contributed by atoms with Crippen LogP contribution in [0.1, 0.15) is 19.8 Å². The second kappa shape index (κ2) is 6.13. The summed E-state index contributed by atoms with van der Waals surface area (Å²) >= 11 is 1.88. The topological polar surface area (TPSA) is 57.6 Å². The minimum absolute atomic E-state index is 0.104. The zero-order valence-electron chi connectivity index (χ0n) is 9.81. The van der Waals surface area contributed by atoms with Crippen LogP contribution in [0.25, 0.3) is 0 Å². The van der Waals surface area contributed by atoms with Gasteiger partial charge in [-0.1, -0.05) is 6.92 Å². The number of carbonyl (C=O) groups is 2. The zero-order valence-corrected chi connectivity index (χ0v) is 10.6. The first kappa shape index (κ1) is 13.4. The van der Waals surface area contributed by atoms with Crippen molar-refractivity contribution in [2.24, 2.45) is 11.8 Å². The molecule has 1 rings (SSSR count). The van der Waals surface area contributed by atoms with E-state index >= 15 is 0 Å². The highest BCUT2D eigenvalue weighted by Gasteiger charge is 2.26. The van der Waals surface area contributed by atoms with Gasteiger partial charge in [0.05, 0.1) is 5.92 Å². The Hall–Kier alpha value is -0.710. The number of hydrogen-bond donors (Lipinski definition) is 1. The van der Waals surface area contributed by atoms with Crippen molar-refractivity contribution in [3.05, 3.63) is 0 Å². The molecule has 0 aromatic rings. The van der Waals surface area contributed by atoms with Gasteiger partial charge in [-0.2, -0.15) is 11.8 Å². The first-order valence-electron chi connectivity index (χ1n) is 5.58. The normalized spacial score (nSPS) is 19.1. The number of aliphatic carboxylic acids is 1. The lowest BCUT2D eigenvalue weighted by Gasteiger charge is -2.27. The lowest BCUT2D eigenvalue weighted by atomic mass is 10.0. The van der Waals surface area contributed by atoms with E-state index in [4.69, 9.17) is 5.11 Å². The molecule has 1 N–H and O–H groups in total. The minimum Gasteiger partial charge on any atom is -0.481 e. The number of nitrogens with zero attached hydrogens (tertiary/aromatic N) is 1. The molecular weight excluding hydrogens is 226 g/mol. The second-order valence-electron chi connectivity index (χ2n) is 4.34. The van der Waals surface area contributed by atoms with Crippen LogP contribution < -0.4 is 0 Å². The van der Waals surface area contributed by atoms with Gasteiger partial charge in [-0.15, -0.1) is 0 Å². The van der Waals surface area contributed by atoms with E-state index in [0.29, 0.717) is 6.54 Å². The Morgan fingerprint density at radius 2 is 2.00 bits per heavy atom. The molecule has 1 aliphatic heterocycles. The third kappa shape index (κ3) is 3.70. The molecule has 16 heavy (non-hydrogen) atoms. The maximum absolute atomic E-state index is 12.0. The van der Waals surface area contributed by atoms with Gasteiger partial charge in [-0.05, 0) is 24.3 Å². The Morgan fingerprint density at radius 1 is 1.44 bits per heavy atom. The van der Waals surface area contributed by atoms with Crippen molar-refractivity contribution in [1.29, 1.82) is 0 Å². The third-order valence-electron chi connectivity index (χ3n) is 2.92. The van der Waals surface area contributed by atoms with Gasteiger partial charge in [0.15, 0.2) is 0 Å². The van der Waals surface area contributed by atoms with Crippen LogP contribution in [-0.2, 0) is 9.59 Å². The number of amides is 1. The molecule has 0 saturated carbocycles. The fourth-order valence-corrected chi connectivity index (χ4v) is 2.94. The molecular formula is C11H19NO3S. The summed E-state index contributed by atoms with van der Waals surface area (Å²) in [4.78, 5) is 24.2. The van der Waals surface area contributed by atoms with Gasteiger partial charge in [0.25, 0.3) is 0 Å². The van der Waals surface area contributed by atoms with Crippen molar-refractivity contribution in [1.82, 2.24) is 4.90 Å². The maximum atomic E-state index is 12.0. The summed E-state index contributed by atoms with van der Waals surface area (Å²) in [6.07, 6.45) is 1.85. The molecule has 0 bridgehead atoms. The smallest absolute Gasteiger partial charge is 0.308 e. The average molecular weight is 245 g/mol. The van der Waals surface area contributed by atoms with Gasteiger partial charge >= 0.3 is 5.97 Å². The number of thioether (sulfide) groups is 1. The van der Waals surface area contributed by atoms with E-state index in [1.807, 2.05) is 11.8 Å². The van der Waals surface area contributed by atoms with Crippen LogP contribution in [0.15, 0.2) is 0 Å². The molecule has 1 heterocycles. The standard InChI is InChI=1S/C11H19NO3S/c1-8(11(14)15)7-12(2)10(13)9-3-5-16-6-4-9/h8-9H,3-7H2,1-2H3,(H,14,15). The summed E-state index contributed by atoms with van der Waals surface area (Å²) in [6, 6.07) is 0. The molecule has 1 aliphatic rings. The van der Waals surface area contributed by atoms with E-state index in [0.717, 1.165) is 24.3 Å². The lowest BCUT2D eigenvalue weighted by Crippen LogP contribution is -2.38. The highest BCUT2D eigenvalue weighted by molar-refractivity contribution is 7.99. The van der Waals surface area contributed by atoms with Gasteiger partial charge in [0.1, 0.15) is 0 Å². The quantitative estimate of drug-likeness (QED) is 0.811. The fraction of sp³-hybridized carbons (Fsp3) is 0.818. The molecule has 1 atom stereocenters. The molecule has 1 amide bonds. The Kier molecular flexibility index (Phi) is 5.12. The Bertz CT molecular complexity index is 264. The summed E-state index contributed by atoms with van der Waals surface area (Å²) in [7, 11) is 1.70. The minimum atomic E-state index is -0.848. The van der Waals surface area contributed by atoms with Gasteiger partial charge in [0.2, 0.25) is 5.91 Å². The summed E-state index contributed by atoms with van der Waals surface area (Å²) < 4.78 is 0. The van der Waals surface area contributed by atoms with E-state index in [9.17, 15) is 9.59 Å². The summed E-state index contributed by atoms with van der Waals surface area (Å²) in [5, 5.41) is 8.78. The van der Waals surface area contributed by atoms with E-state index in [1.54, 1.807) is 18.9 Å². The molecule has 0 aliphatic carbocycles. The van der Waals surface area contributed by atoms with Gasteiger partial charge in [-0.3, -0.25) is 9.59 Å². The molecule has 4 nitrogen and oxygen atoms in total. The van der Waals surface area contributed by atoms with E-state index in [1.165, 1.54) is 0 Å². The van der Waals surface area contributed by atoms with Crippen LogP contribution in [0.4, 0.5) is 0 Å². The zero-order chi connectivity index (χ0) is 12.1. The SMILES string of the molecule is CC(CN(C)C(=O)C1CCSCC1)C(=O)O. The van der Waals surface area contributed by atoms with Gasteiger partial charge < -0.3 is 10.0 Å². The Labute approximate surface area is 100 Å². The molecule has 1 fully saturated rings. The number of hydrogen-bond acceptors (Lipinski definition) is 3. The van der Waals surface area contributed by atoms with Crippen molar-refractivity contribution in [2.45, 2.75) is 19.8 Å². The molecule has 0 spiro atoms. The molecule has 5 heteroatoms. The van der Waals surface area contributed by atoms with E-state index in [2.05, 4.69) is 0 Å². The van der Waals surface area contributed by atoms with Crippen LogP contribution in [0.2, 0.25) is 0 Å². The highest BCUT2D eigenvalue weighted by Crippen LogP contribution is 2.24. The third-order valence-corrected chi connectivity index (χ3v) is 3.96. The number of carboxylic acid groups (broad SMARTS) is 1. The van der Waals surface area contributed by atoms with E-state index in [-0.39, 0.29) is 11.8 Å². The summed E-state index contributed by atoms with van der Waals surface area (Å²) in [5.41, 5.74) is 0. The van der Waals surface area contributed by atoms with Crippen LogP contribution in [-0.4, -0.2) is 47.0 Å². The highest BCUT2D eigenvalue weighted by atomic mass is 32.2. The second-order valence-corrected chi connectivity index (χ2v) is 5.57. The molecule has 0 aromatic carbocycles. The van der Waals surface area contributed by atoms with Crippen LogP contribution in [0.3, 0.4) is 0 Å². The first-order valence-corrected chi connectivity index (χ1v) is 6.73. The largest absolute Gasteiger partial charge is 0.481 e. The van der Waals surface area contributed by atoms with Crippen LogP contribution >= 0.6 is 11.8 Å². The predicted molar refractivity (Wildman–Crippen MR) is 64.5 cm³/mol. The average Bonchev–Trinajstić information content (AvgIpc) is 2.28. The molecule has 1 saturated heterocycles. The monoisotopic (exact) mass is 245 g/mol. The molecule has 1 unspecified atom stereocenters. The van der Waals surface area contributed by atoms with Crippen molar-refractivity contribution in [3.8, 4) is 0 Å². The molecule has 0 aromatic heterocycles. The number of rotatable bonds is 4. The molecule has 92 valence electrons. The van der Waals surface area contributed by atoms with Gasteiger partial charge in [-0.25, -0.2) is 0 Å². The van der Waals surface area contributed by atoms with Crippen LogP contribution in [0.5, 0.6) is 0 Å². The van der Waals surface area contributed by atoms with Gasteiger partial charge in [0, 0.05) is 19.5 Å².